The van der Waals surface area contributed by atoms with Gasteiger partial charge in [-0.1, -0.05) is 35.8 Å². The van der Waals surface area contributed by atoms with Crippen LogP contribution in [0.15, 0.2) is 35.4 Å². The maximum absolute atomic E-state index is 12.7. The van der Waals surface area contributed by atoms with E-state index in [0.29, 0.717) is 31.5 Å². The van der Waals surface area contributed by atoms with E-state index in [2.05, 4.69) is 15.0 Å². The van der Waals surface area contributed by atoms with Gasteiger partial charge in [0.1, 0.15) is 11.3 Å². The highest BCUT2D eigenvalue weighted by molar-refractivity contribution is 7.89. The van der Waals surface area contributed by atoms with E-state index in [4.69, 9.17) is 4.74 Å². The second kappa shape index (κ2) is 9.56. The van der Waals surface area contributed by atoms with Crippen LogP contribution >= 0.6 is 0 Å². The van der Waals surface area contributed by atoms with Crippen molar-refractivity contribution in [2.24, 2.45) is 0 Å². The molecule has 2 aliphatic rings. The molecule has 9 nitrogen and oxygen atoms in total. The third-order valence-corrected chi connectivity index (χ3v) is 8.07. The Hall–Kier alpha value is -1.85. The summed E-state index contributed by atoms with van der Waals surface area (Å²) < 4.78 is 35.9. The van der Waals surface area contributed by atoms with Gasteiger partial charge in [0.15, 0.2) is 0 Å². The molecule has 1 aliphatic carbocycles. The summed E-state index contributed by atoms with van der Waals surface area (Å²) in [6.07, 6.45) is 6.41. The van der Waals surface area contributed by atoms with Crippen LogP contribution in [0.4, 0.5) is 0 Å². The number of rotatable bonds is 8. The minimum absolute atomic E-state index is 0.116. The molecular formula is C22H32N4O5S. The average molecular weight is 465 g/mol. The van der Waals surface area contributed by atoms with Crippen LogP contribution in [0.3, 0.4) is 0 Å². The number of sulfonamides is 1. The van der Waals surface area contributed by atoms with E-state index in [9.17, 15) is 18.6 Å². The first kappa shape index (κ1) is 23.3. The first-order valence-electron chi connectivity index (χ1n) is 11.3. The van der Waals surface area contributed by atoms with Crippen LogP contribution in [-0.4, -0.2) is 58.5 Å². The lowest BCUT2D eigenvalue weighted by molar-refractivity contribution is -0.0891. The molecule has 10 heteroatoms. The van der Waals surface area contributed by atoms with E-state index in [-0.39, 0.29) is 17.6 Å². The Labute approximate surface area is 188 Å². The van der Waals surface area contributed by atoms with E-state index in [1.807, 2.05) is 6.92 Å². The summed E-state index contributed by atoms with van der Waals surface area (Å²) in [6.45, 7) is 2.21. The first-order valence-corrected chi connectivity index (χ1v) is 12.8. The molecule has 4 rings (SSSR count). The summed E-state index contributed by atoms with van der Waals surface area (Å²) in [5.74, 6) is 0. The highest BCUT2D eigenvalue weighted by Gasteiger charge is 2.36. The molecule has 2 fully saturated rings. The molecule has 0 radical (unpaired) electrons. The van der Waals surface area contributed by atoms with Gasteiger partial charge in [0.25, 0.3) is 0 Å². The highest BCUT2D eigenvalue weighted by Crippen LogP contribution is 2.37. The molecule has 3 N–H and O–H groups in total. The number of aryl methyl sites for hydroxylation is 2. The zero-order valence-electron chi connectivity index (χ0n) is 18.4. The van der Waals surface area contributed by atoms with Crippen LogP contribution in [0.5, 0.6) is 0 Å². The Morgan fingerprint density at radius 2 is 1.94 bits per heavy atom. The lowest BCUT2D eigenvalue weighted by atomic mass is 9.98. The number of aliphatic hydroxyl groups is 2. The lowest BCUT2D eigenvalue weighted by Gasteiger charge is -2.36. The van der Waals surface area contributed by atoms with E-state index in [1.165, 1.54) is 0 Å². The van der Waals surface area contributed by atoms with E-state index in [0.717, 1.165) is 31.2 Å². The number of aliphatic hydroxyl groups excluding tert-OH is 1. The Morgan fingerprint density at radius 1 is 1.22 bits per heavy atom. The van der Waals surface area contributed by atoms with Gasteiger partial charge in [-0.15, -0.1) is 5.10 Å². The van der Waals surface area contributed by atoms with Crippen LogP contribution < -0.4 is 4.72 Å². The number of aromatic nitrogens is 3. The van der Waals surface area contributed by atoms with Gasteiger partial charge in [-0.2, -0.15) is 0 Å². The van der Waals surface area contributed by atoms with Crippen molar-refractivity contribution in [2.75, 3.05) is 6.61 Å². The van der Waals surface area contributed by atoms with E-state index >= 15 is 0 Å². The van der Waals surface area contributed by atoms with Gasteiger partial charge in [0.05, 0.1) is 35.9 Å². The zero-order valence-corrected chi connectivity index (χ0v) is 19.2. The molecule has 2 heterocycles. The largest absolute Gasteiger partial charge is 0.394 e. The predicted octanol–water partition coefficient (Wildman–Crippen LogP) is 1.63. The summed E-state index contributed by atoms with van der Waals surface area (Å²) >= 11 is 0. The second-order valence-corrected chi connectivity index (χ2v) is 10.7. The molecule has 0 bridgehead atoms. The molecule has 1 aliphatic heterocycles. The van der Waals surface area contributed by atoms with Gasteiger partial charge in [-0.25, -0.2) is 13.1 Å². The van der Waals surface area contributed by atoms with Gasteiger partial charge in [-0.3, -0.25) is 4.68 Å². The third-order valence-electron chi connectivity index (χ3n) is 6.56. The summed E-state index contributed by atoms with van der Waals surface area (Å²) in [4.78, 5) is 0.202. The topological polar surface area (TPSA) is 127 Å². The Kier molecular flexibility index (Phi) is 6.97. The first-order chi connectivity index (χ1) is 15.3. The Bertz CT molecular complexity index is 1000. The summed E-state index contributed by atoms with van der Waals surface area (Å²) in [6, 6.07) is 6.18. The number of benzene rings is 1. The van der Waals surface area contributed by atoms with Crippen molar-refractivity contribution in [1.82, 2.24) is 19.7 Å². The summed E-state index contributed by atoms with van der Waals surface area (Å²) in [5.41, 5.74) is 0.750. The van der Waals surface area contributed by atoms with Crippen molar-refractivity contribution < 1.29 is 23.4 Å². The van der Waals surface area contributed by atoms with Crippen LogP contribution in [0.2, 0.25) is 0 Å². The quantitative estimate of drug-likeness (QED) is 0.542. The molecule has 32 heavy (non-hydrogen) atoms. The minimum Gasteiger partial charge on any atom is -0.394 e. The van der Waals surface area contributed by atoms with E-state index in [1.54, 1.807) is 35.1 Å². The standard InChI is InChI=1S/C22H32N4O5S/c1-16-4-7-18(8-5-16)32(29,30)24-19-9-6-17(31-20(19)15-27)10-13-26-14-21(23-25-26)22(28)11-2-3-12-22/h4-5,7-8,14,17,19-20,24,27-28H,2-3,6,9-13,15H2,1H3/t17-,19-,20+/m0/s1. The number of ether oxygens (including phenoxy) is 1. The molecule has 3 atom stereocenters. The van der Waals surface area contributed by atoms with Crippen molar-refractivity contribution >= 4 is 10.0 Å². The van der Waals surface area contributed by atoms with Crippen LogP contribution in [0.25, 0.3) is 0 Å². The van der Waals surface area contributed by atoms with Gasteiger partial charge >= 0.3 is 0 Å². The molecule has 176 valence electrons. The maximum atomic E-state index is 12.7. The lowest BCUT2D eigenvalue weighted by Crippen LogP contribution is -2.50. The molecular weight excluding hydrogens is 432 g/mol. The molecule has 1 saturated heterocycles. The summed E-state index contributed by atoms with van der Waals surface area (Å²) in [7, 11) is -3.69. The fourth-order valence-electron chi connectivity index (χ4n) is 4.58. The molecule has 0 spiro atoms. The second-order valence-electron chi connectivity index (χ2n) is 8.99. The molecule has 0 amide bonds. The van der Waals surface area contributed by atoms with Gasteiger partial charge in [-0.05, 0) is 51.2 Å². The molecule has 1 aromatic heterocycles. The van der Waals surface area contributed by atoms with Crippen molar-refractivity contribution in [3.8, 4) is 0 Å². The normalized spacial score (nSPS) is 25.8. The van der Waals surface area contributed by atoms with E-state index < -0.39 is 27.8 Å². The summed E-state index contributed by atoms with van der Waals surface area (Å²) in [5, 5.41) is 28.8. The third kappa shape index (κ3) is 5.20. The molecule has 1 aromatic carbocycles. The molecule has 1 saturated carbocycles. The van der Waals surface area contributed by atoms with Gasteiger partial charge in [0.2, 0.25) is 10.0 Å². The molecule has 0 unspecified atom stereocenters. The maximum Gasteiger partial charge on any atom is 0.240 e. The fourth-order valence-corrected chi connectivity index (χ4v) is 5.88. The van der Waals surface area contributed by atoms with Crippen molar-refractivity contribution in [1.29, 1.82) is 0 Å². The zero-order chi connectivity index (χ0) is 22.8. The monoisotopic (exact) mass is 464 g/mol. The Balaban J connectivity index is 1.32. The highest BCUT2D eigenvalue weighted by atomic mass is 32.2. The SMILES string of the molecule is Cc1ccc(S(=O)(=O)N[C@H]2CC[C@@H](CCn3cc(C4(O)CCCC4)nn3)O[C@@H]2CO)cc1. The van der Waals surface area contributed by atoms with Crippen LogP contribution in [-0.2, 0) is 26.9 Å². The number of nitrogens with zero attached hydrogens (tertiary/aromatic N) is 3. The molecule has 2 aromatic rings. The fraction of sp³-hybridized carbons (Fsp3) is 0.636. The van der Waals surface area contributed by atoms with Crippen molar-refractivity contribution in [2.45, 2.75) is 87.2 Å². The number of hydrogen-bond donors (Lipinski definition) is 3. The van der Waals surface area contributed by atoms with Gasteiger partial charge < -0.3 is 14.9 Å². The minimum atomic E-state index is -3.69. The van der Waals surface area contributed by atoms with Crippen LogP contribution in [0.1, 0.15) is 56.2 Å². The van der Waals surface area contributed by atoms with Gasteiger partial charge in [0, 0.05) is 6.54 Å². The number of hydrogen-bond acceptors (Lipinski definition) is 7. The number of nitrogens with one attached hydrogen (secondary N) is 1. The smallest absolute Gasteiger partial charge is 0.240 e. The van der Waals surface area contributed by atoms with Crippen molar-refractivity contribution in [3.63, 3.8) is 0 Å². The predicted molar refractivity (Wildman–Crippen MR) is 117 cm³/mol. The average Bonchev–Trinajstić information content (AvgIpc) is 3.43. The Morgan fingerprint density at radius 3 is 2.62 bits per heavy atom. The van der Waals surface area contributed by atoms with Crippen molar-refractivity contribution in [3.05, 3.63) is 41.7 Å². The van der Waals surface area contributed by atoms with Crippen LogP contribution in [0, 0.1) is 6.92 Å².